The van der Waals surface area contributed by atoms with Gasteiger partial charge in [0.2, 0.25) is 5.91 Å². The second-order valence-electron chi connectivity index (χ2n) is 6.73. The summed E-state index contributed by atoms with van der Waals surface area (Å²) in [6.07, 6.45) is 1.83. The molecule has 2 aromatic heterocycles. The molecule has 2 aromatic carbocycles. The van der Waals surface area contributed by atoms with E-state index in [0.29, 0.717) is 10.6 Å². The van der Waals surface area contributed by atoms with Crippen LogP contribution in [0.3, 0.4) is 0 Å². The fourth-order valence-corrected chi connectivity index (χ4v) is 3.65. The minimum absolute atomic E-state index is 0.130. The van der Waals surface area contributed by atoms with Gasteiger partial charge < -0.3 is 10.6 Å². The normalized spacial score (nSPS) is 10.6. The first kappa shape index (κ1) is 20.5. The lowest BCUT2D eigenvalue weighted by Crippen LogP contribution is -2.36. The molecule has 8 heteroatoms. The number of benzene rings is 2. The molecule has 2 amide bonds. The molecule has 0 saturated carbocycles. The summed E-state index contributed by atoms with van der Waals surface area (Å²) >= 11 is 1.31. The van der Waals surface area contributed by atoms with E-state index in [1.807, 2.05) is 36.5 Å². The fourth-order valence-electron chi connectivity index (χ4n) is 3.01. The summed E-state index contributed by atoms with van der Waals surface area (Å²) in [4.78, 5) is 24.8. The number of nitrogens with one attached hydrogen (secondary N) is 2. The van der Waals surface area contributed by atoms with Gasteiger partial charge in [0, 0.05) is 23.9 Å². The van der Waals surface area contributed by atoms with Crippen molar-refractivity contribution in [3.63, 3.8) is 0 Å². The molecule has 0 aliphatic heterocycles. The van der Waals surface area contributed by atoms with Crippen LogP contribution in [0.1, 0.15) is 15.2 Å². The lowest BCUT2D eigenvalue weighted by Gasteiger charge is -2.07. The quantitative estimate of drug-likeness (QED) is 0.465. The van der Waals surface area contributed by atoms with Crippen LogP contribution in [-0.4, -0.2) is 28.1 Å². The van der Waals surface area contributed by atoms with E-state index in [0.717, 1.165) is 16.8 Å². The number of carbonyl (C=O) groups excluding carboxylic acids is 2. The molecule has 0 atom stereocenters. The first-order valence-corrected chi connectivity index (χ1v) is 10.5. The molecule has 0 radical (unpaired) electrons. The Morgan fingerprint density at radius 1 is 0.968 bits per heavy atom. The van der Waals surface area contributed by atoms with Crippen LogP contribution in [0.15, 0.2) is 78.3 Å². The largest absolute Gasteiger partial charge is 0.350 e. The van der Waals surface area contributed by atoms with Crippen molar-refractivity contribution in [1.29, 1.82) is 0 Å². The van der Waals surface area contributed by atoms with Crippen molar-refractivity contribution in [3.8, 4) is 16.9 Å². The molecule has 0 unspecified atom stereocenters. The highest BCUT2D eigenvalue weighted by Crippen LogP contribution is 2.24. The van der Waals surface area contributed by atoms with Gasteiger partial charge in [-0.15, -0.1) is 11.3 Å². The van der Waals surface area contributed by atoms with E-state index in [2.05, 4.69) is 15.7 Å². The van der Waals surface area contributed by atoms with Gasteiger partial charge in [-0.2, -0.15) is 5.10 Å². The first-order chi connectivity index (χ1) is 15.1. The molecular formula is C23H19FN4O2S. The molecule has 2 N–H and O–H groups in total. The molecule has 6 nitrogen and oxygen atoms in total. The number of halogens is 1. The third-order valence-corrected chi connectivity index (χ3v) is 5.43. The van der Waals surface area contributed by atoms with E-state index in [4.69, 9.17) is 0 Å². The predicted octanol–water partition coefficient (Wildman–Crippen LogP) is 3.79. The number of aromatic nitrogens is 2. The summed E-state index contributed by atoms with van der Waals surface area (Å²) in [5.41, 5.74) is 3.03. The Balaban J connectivity index is 1.48. The highest BCUT2D eigenvalue weighted by atomic mass is 32.1. The van der Waals surface area contributed by atoms with Crippen molar-refractivity contribution in [2.45, 2.75) is 6.54 Å². The maximum Gasteiger partial charge on any atom is 0.261 e. The topological polar surface area (TPSA) is 76.0 Å². The van der Waals surface area contributed by atoms with Gasteiger partial charge in [-0.05, 0) is 47.8 Å². The Morgan fingerprint density at radius 3 is 2.45 bits per heavy atom. The second-order valence-corrected chi connectivity index (χ2v) is 7.67. The number of amides is 2. The SMILES string of the molecule is O=C(CNC(=O)c1cccs1)NCc1cn(-c2ccccc2)nc1-c1ccc(F)cc1. The van der Waals surface area contributed by atoms with Crippen LogP contribution in [0.5, 0.6) is 0 Å². The average molecular weight is 434 g/mol. The lowest BCUT2D eigenvalue weighted by atomic mass is 10.1. The highest BCUT2D eigenvalue weighted by molar-refractivity contribution is 7.12. The van der Waals surface area contributed by atoms with E-state index >= 15 is 0 Å². The second kappa shape index (κ2) is 9.36. The highest BCUT2D eigenvalue weighted by Gasteiger charge is 2.14. The maximum atomic E-state index is 13.4. The Kier molecular flexibility index (Phi) is 6.18. The number of nitrogens with zero attached hydrogens (tertiary/aromatic N) is 2. The lowest BCUT2D eigenvalue weighted by molar-refractivity contribution is -0.120. The number of carbonyl (C=O) groups is 2. The molecule has 2 heterocycles. The summed E-state index contributed by atoms with van der Waals surface area (Å²) in [5.74, 6) is -0.931. The minimum atomic E-state index is -0.331. The molecule has 4 aromatic rings. The summed E-state index contributed by atoms with van der Waals surface area (Å²) in [6.45, 7) is 0.0860. The van der Waals surface area contributed by atoms with Gasteiger partial charge in [-0.1, -0.05) is 24.3 Å². The molecule has 0 saturated heterocycles. The molecule has 4 rings (SSSR count). The molecule has 0 spiro atoms. The van der Waals surface area contributed by atoms with Crippen LogP contribution >= 0.6 is 11.3 Å². The third-order valence-electron chi connectivity index (χ3n) is 4.56. The number of thiophene rings is 1. The molecular weight excluding hydrogens is 415 g/mol. The number of para-hydroxylation sites is 1. The van der Waals surface area contributed by atoms with Gasteiger partial charge in [0.1, 0.15) is 5.82 Å². The number of rotatable bonds is 7. The van der Waals surface area contributed by atoms with Crippen molar-refractivity contribution in [2.75, 3.05) is 6.54 Å². The Bertz CT molecular complexity index is 1170. The van der Waals surface area contributed by atoms with Crippen LogP contribution in [-0.2, 0) is 11.3 Å². The maximum absolute atomic E-state index is 13.4. The average Bonchev–Trinajstić information content (AvgIpc) is 3.48. The van der Waals surface area contributed by atoms with Crippen molar-refractivity contribution in [1.82, 2.24) is 20.4 Å². The van der Waals surface area contributed by atoms with Gasteiger partial charge in [0.25, 0.3) is 5.91 Å². The number of hydrogen-bond acceptors (Lipinski definition) is 4. The van der Waals surface area contributed by atoms with Gasteiger partial charge in [-0.25, -0.2) is 9.07 Å². The van der Waals surface area contributed by atoms with E-state index in [9.17, 15) is 14.0 Å². The third kappa shape index (κ3) is 5.04. The molecule has 0 aliphatic rings. The zero-order valence-electron chi connectivity index (χ0n) is 16.4. The van der Waals surface area contributed by atoms with E-state index in [-0.39, 0.29) is 30.7 Å². The summed E-state index contributed by atoms with van der Waals surface area (Å²) < 4.78 is 15.1. The number of hydrogen-bond donors (Lipinski definition) is 2. The van der Waals surface area contributed by atoms with Crippen molar-refractivity contribution >= 4 is 23.2 Å². The summed E-state index contributed by atoms with van der Waals surface area (Å²) in [7, 11) is 0. The van der Waals surface area contributed by atoms with E-state index in [1.54, 1.807) is 34.3 Å². The fraction of sp³-hybridized carbons (Fsp3) is 0.0870. The molecule has 156 valence electrons. The molecule has 31 heavy (non-hydrogen) atoms. The van der Waals surface area contributed by atoms with Crippen molar-refractivity contribution in [2.24, 2.45) is 0 Å². The smallest absolute Gasteiger partial charge is 0.261 e. The van der Waals surface area contributed by atoms with Gasteiger partial charge in [-0.3, -0.25) is 9.59 Å². The van der Waals surface area contributed by atoms with Gasteiger partial charge in [0.15, 0.2) is 0 Å². The van der Waals surface area contributed by atoms with Gasteiger partial charge >= 0.3 is 0 Å². The van der Waals surface area contributed by atoms with Gasteiger partial charge in [0.05, 0.1) is 22.8 Å². The monoisotopic (exact) mass is 434 g/mol. The summed E-state index contributed by atoms with van der Waals surface area (Å²) in [5, 5.41) is 11.9. The minimum Gasteiger partial charge on any atom is -0.350 e. The van der Waals surface area contributed by atoms with E-state index < -0.39 is 0 Å². The zero-order chi connectivity index (χ0) is 21.6. The predicted molar refractivity (Wildman–Crippen MR) is 117 cm³/mol. The molecule has 0 aliphatic carbocycles. The van der Waals surface area contributed by atoms with Crippen LogP contribution in [0.25, 0.3) is 16.9 Å². The molecule has 0 fully saturated rings. The first-order valence-electron chi connectivity index (χ1n) is 9.58. The van der Waals surface area contributed by atoms with Crippen LogP contribution in [0, 0.1) is 5.82 Å². The zero-order valence-corrected chi connectivity index (χ0v) is 17.2. The Labute approximate surface area is 182 Å². The Morgan fingerprint density at radius 2 is 1.74 bits per heavy atom. The standard InChI is InChI=1S/C23H19FN4O2S/c24-18-10-8-16(9-11-18)22-17(15-28(27-22)19-5-2-1-3-6-19)13-25-21(29)14-26-23(30)20-7-4-12-31-20/h1-12,15H,13-14H2,(H,25,29)(H,26,30). The van der Waals surface area contributed by atoms with Crippen LogP contribution < -0.4 is 10.6 Å². The molecule has 0 bridgehead atoms. The van der Waals surface area contributed by atoms with E-state index in [1.165, 1.54) is 23.5 Å². The van der Waals surface area contributed by atoms with Crippen LogP contribution in [0.2, 0.25) is 0 Å². The van der Waals surface area contributed by atoms with Crippen molar-refractivity contribution in [3.05, 3.63) is 94.6 Å². The van der Waals surface area contributed by atoms with Crippen molar-refractivity contribution < 1.29 is 14.0 Å². The van der Waals surface area contributed by atoms with Crippen LogP contribution in [0.4, 0.5) is 4.39 Å². The Hall–Kier alpha value is -3.78. The summed E-state index contributed by atoms with van der Waals surface area (Å²) in [6, 6.07) is 19.1.